The zero-order valence-electron chi connectivity index (χ0n) is 19.1. The third kappa shape index (κ3) is 5.47. The fraction of sp³-hybridized carbons (Fsp3) is 0.500. The Morgan fingerprint density at radius 2 is 1.82 bits per heavy atom. The highest BCUT2D eigenvalue weighted by Crippen LogP contribution is 2.36. The molecular weight excluding hydrogens is 417 g/mol. The quantitative estimate of drug-likeness (QED) is 0.706. The fourth-order valence-electron chi connectivity index (χ4n) is 5.78. The van der Waals surface area contributed by atoms with Crippen molar-refractivity contribution < 1.29 is 9.18 Å². The van der Waals surface area contributed by atoms with Crippen LogP contribution in [0.1, 0.15) is 12.8 Å². The van der Waals surface area contributed by atoms with Gasteiger partial charge in [-0.05, 0) is 61.6 Å². The van der Waals surface area contributed by atoms with E-state index in [9.17, 15) is 9.18 Å². The Balaban J connectivity index is 1.06. The molecule has 2 bridgehead atoms. The van der Waals surface area contributed by atoms with E-state index in [1.807, 2.05) is 0 Å². The Morgan fingerprint density at radius 3 is 2.55 bits per heavy atom. The number of benzene rings is 2. The molecule has 7 heteroatoms. The van der Waals surface area contributed by atoms with E-state index in [1.165, 1.54) is 30.8 Å². The number of fused-ring (bicyclic) bond motifs is 3. The molecule has 33 heavy (non-hydrogen) atoms. The van der Waals surface area contributed by atoms with Gasteiger partial charge in [0.2, 0.25) is 0 Å². The van der Waals surface area contributed by atoms with Crippen molar-refractivity contribution in [2.45, 2.75) is 18.9 Å². The first-order valence-corrected chi connectivity index (χ1v) is 12.2. The van der Waals surface area contributed by atoms with Crippen LogP contribution < -0.4 is 15.5 Å². The number of nitrogens with zero attached hydrogens (tertiary/aromatic N) is 3. The molecule has 6 nitrogen and oxygen atoms in total. The van der Waals surface area contributed by atoms with E-state index in [1.54, 1.807) is 12.1 Å². The third-order valence-corrected chi connectivity index (χ3v) is 7.58. The molecule has 4 aliphatic heterocycles. The van der Waals surface area contributed by atoms with Crippen molar-refractivity contribution in [1.82, 2.24) is 15.1 Å². The Hall–Kier alpha value is -2.64. The summed E-state index contributed by atoms with van der Waals surface area (Å²) >= 11 is 0. The largest absolute Gasteiger partial charge is 0.369 e. The van der Waals surface area contributed by atoms with E-state index in [4.69, 9.17) is 0 Å². The Kier molecular flexibility index (Phi) is 6.78. The summed E-state index contributed by atoms with van der Waals surface area (Å²) in [5, 5.41) is 5.72. The van der Waals surface area contributed by atoms with Gasteiger partial charge in [0.15, 0.2) is 0 Å². The molecule has 0 spiro atoms. The summed E-state index contributed by atoms with van der Waals surface area (Å²) in [6.07, 6.45) is 2.41. The van der Waals surface area contributed by atoms with E-state index in [-0.39, 0.29) is 11.8 Å². The number of rotatable bonds is 6. The number of anilines is 2. The topological polar surface area (TPSA) is 50.9 Å². The van der Waals surface area contributed by atoms with Crippen molar-refractivity contribution in [3.63, 3.8) is 0 Å². The van der Waals surface area contributed by atoms with Gasteiger partial charge in [-0.3, -0.25) is 9.80 Å². The predicted octanol–water partition coefficient (Wildman–Crippen LogP) is 3.48. The van der Waals surface area contributed by atoms with E-state index in [0.717, 1.165) is 57.5 Å². The number of urea groups is 1. The van der Waals surface area contributed by atoms with Crippen molar-refractivity contribution in [2.75, 3.05) is 62.6 Å². The lowest BCUT2D eigenvalue weighted by molar-refractivity contribution is -0.0114. The van der Waals surface area contributed by atoms with Gasteiger partial charge in [0.05, 0.1) is 0 Å². The molecule has 0 aromatic heterocycles. The normalized spacial score (nSPS) is 27.4. The van der Waals surface area contributed by atoms with Gasteiger partial charge in [0.25, 0.3) is 0 Å². The summed E-state index contributed by atoms with van der Waals surface area (Å²) in [5.74, 6) is 1.11. The number of hydrogen-bond donors (Lipinski definition) is 2. The maximum atomic E-state index is 13.3. The van der Waals surface area contributed by atoms with Crippen LogP contribution in [0.2, 0.25) is 0 Å². The number of para-hydroxylation sites is 1. The van der Waals surface area contributed by atoms with Gasteiger partial charge in [-0.1, -0.05) is 24.3 Å². The van der Waals surface area contributed by atoms with Crippen LogP contribution in [0.25, 0.3) is 0 Å². The molecule has 4 heterocycles. The molecule has 0 radical (unpaired) electrons. The monoisotopic (exact) mass is 451 g/mol. The smallest absolute Gasteiger partial charge is 0.319 e. The SMILES string of the molecule is O=C(NCC1CC2CCN1CC2CN1CCN(c2ccccc2)CC1)Nc1cccc(F)c1. The molecule has 4 unspecified atom stereocenters. The van der Waals surface area contributed by atoms with E-state index in [2.05, 4.69) is 55.7 Å². The summed E-state index contributed by atoms with van der Waals surface area (Å²) in [4.78, 5) is 20.0. The number of hydrogen-bond acceptors (Lipinski definition) is 4. The van der Waals surface area contributed by atoms with E-state index >= 15 is 0 Å². The molecule has 2 amide bonds. The predicted molar refractivity (Wildman–Crippen MR) is 130 cm³/mol. The van der Waals surface area contributed by atoms with Crippen molar-refractivity contribution in [2.24, 2.45) is 11.8 Å². The lowest BCUT2D eigenvalue weighted by Gasteiger charge is -2.51. The minimum Gasteiger partial charge on any atom is -0.369 e. The Labute approximate surface area is 195 Å². The highest BCUT2D eigenvalue weighted by molar-refractivity contribution is 5.89. The first kappa shape index (κ1) is 22.2. The molecule has 0 saturated carbocycles. The van der Waals surface area contributed by atoms with Crippen LogP contribution in [0.15, 0.2) is 54.6 Å². The highest BCUT2D eigenvalue weighted by atomic mass is 19.1. The average Bonchev–Trinajstić information content (AvgIpc) is 2.84. The summed E-state index contributed by atoms with van der Waals surface area (Å²) in [6, 6.07) is 16.8. The zero-order valence-corrected chi connectivity index (χ0v) is 19.1. The van der Waals surface area contributed by atoms with Gasteiger partial charge in [-0.15, -0.1) is 0 Å². The Bertz CT molecular complexity index is 933. The number of amides is 2. The number of halogens is 1. The Morgan fingerprint density at radius 1 is 1.00 bits per heavy atom. The maximum Gasteiger partial charge on any atom is 0.319 e. The molecule has 176 valence electrons. The number of carbonyl (C=O) groups is 1. The van der Waals surface area contributed by atoms with Crippen LogP contribution in [0, 0.1) is 17.7 Å². The van der Waals surface area contributed by atoms with Crippen molar-refractivity contribution >= 4 is 17.4 Å². The average molecular weight is 452 g/mol. The molecule has 2 aromatic carbocycles. The molecule has 6 rings (SSSR count). The molecular formula is C26H34FN5O. The van der Waals surface area contributed by atoms with Gasteiger partial charge >= 0.3 is 6.03 Å². The minimum absolute atomic E-state index is 0.268. The lowest BCUT2D eigenvalue weighted by Crippen LogP contribution is -2.59. The van der Waals surface area contributed by atoms with Gasteiger partial charge in [0.1, 0.15) is 5.82 Å². The third-order valence-electron chi connectivity index (χ3n) is 7.58. The van der Waals surface area contributed by atoms with Crippen LogP contribution in [0.3, 0.4) is 0 Å². The summed E-state index contributed by atoms with van der Waals surface area (Å²) < 4.78 is 13.3. The number of carbonyl (C=O) groups excluding carboxylic acids is 1. The minimum atomic E-state index is -0.351. The van der Waals surface area contributed by atoms with Gasteiger partial charge < -0.3 is 15.5 Å². The molecule has 4 fully saturated rings. The van der Waals surface area contributed by atoms with Gasteiger partial charge in [-0.2, -0.15) is 0 Å². The summed E-state index contributed by atoms with van der Waals surface area (Å²) in [5.41, 5.74) is 1.81. The zero-order chi connectivity index (χ0) is 22.6. The standard InChI is InChI=1S/C26H34FN5O/c27-22-5-4-6-23(16-22)29-26(33)28-17-25-15-20-9-10-32(25)19-21(20)18-30-11-13-31(14-12-30)24-7-2-1-3-8-24/h1-8,16,20-21,25H,9-15,17-19H2,(H2,28,29,33). The van der Waals surface area contributed by atoms with Crippen LogP contribution in [0.4, 0.5) is 20.6 Å². The van der Waals surface area contributed by atoms with Gasteiger partial charge in [-0.25, -0.2) is 9.18 Å². The summed E-state index contributed by atoms with van der Waals surface area (Å²) in [7, 11) is 0. The highest BCUT2D eigenvalue weighted by Gasteiger charge is 2.40. The summed E-state index contributed by atoms with van der Waals surface area (Å²) in [6.45, 7) is 8.52. The molecule has 0 aliphatic carbocycles. The fourth-order valence-corrected chi connectivity index (χ4v) is 5.78. The van der Waals surface area contributed by atoms with Crippen LogP contribution in [0.5, 0.6) is 0 Å². The number of nitrogens with one attached hydrogen (secondary N) is 2. The van der Waals surface area contributed by atoms with Crippen molar-refractivity contribution in [3.8, 4) is 0 Å². The van der Waals surface area contributed by atoms with Crippen LogP contribution in [-0.4, -0.2) is 74.2 Å². The second kappa shape index (κ2) is 10.1. The van der Waals surface area contributed by atoms with Crippen LogP contribution >= 0.6 is 0 Å². The first-order chi connectivity index (χ1) is 16.1. The maximum absolute atomic E-state index is 13.3. The second-order valence-corrected chi connectivity index (χ2v) is 9.66. The molecule has 4 saturated heterocycles. The molecule has 4 aliphatic rings. The second-order valence-electron chi connectivity index (χ2n) is 9.66. The molecule has 2 aromatic rings. The van der Waals surface area contributed by atoms with Gasteiger partial charge in [0, 0.05) is 63.2 Å². The van der Waals surface area contributed by atoms with Crippen LogP contribution in [-0.2, 0) is 0 Å². The number of piperidine rings is 3. The number of piperazine rings is 1. The lowest BCUT2D eigenvalue weighted by atomic mass is 9.75. The van der Waals surface area contributed by atoms with E-state index < -0.39 is 0 Å². The van der Waals surface area contributed by atoms with Crippen molar-refractivity contribution in [1.29, 1.82) is 0 Å². The molecule has 4 atom stereocenters. The first-order valence-electron chi connectivity index (χ1n) is 12.2. The van der Waals surface area contributed by atoms with Crippen molar-refractivity contribution in [3.05, 3.63) is 60.4 Å². The van der Waals surface area contributed by atoms with E-state index in [0.29, 0.717) is 18.3 Å². The molecule has 2 N–H and O–H groups in total.